The molecule has 21 heavy (non-hydrogen) atoms. The summed E-state index contributed by atoms with van der Waals surface area (Å²) < 4.78 is 26.5. The molecule has 0 amide bonds. The third-order valence-electron chi connectivity index (χ3n) is 3.35. The van der Waals surface area contributed by atoms with Gasteiger partial charge in [-0.3, -0.25) is 5.10 Å². The average Bonchev–Trinajstić information content (AvgIpc) is 2.81. The highest BCUT2D eigenvalue weighted by Gasteiger charge is 2.35. The number of aromatic nitrogens is 2. The van der Waals surface area contributed by atoms with Gasteiger partial charge in [0.2, 0.25) is 5.03 Å². The van der Waals surface area contributed by atoms with Gasteiger partial charge in [-0.1, -0.05) is 13.8 Å². The summed E-state index contributed by atoms with van der Waals surface area (Å²) in [6.45, 7) is 4.67. The molecule has 8 nitrogen and oxygen atoms in total. The van der Waals surface area contributed by atoms with Gasteiger partial charge in [0, 0.05) is 18.3 Å². The summed E-state index contributed by atoms with van der Waals surface area (Å²) in [5.74, 6) is -1.35. The number of nitrogens with zero attached hydrogens (tertiary/aromatic N) is 2. The van der Waals surface area contributed by atoms with Crippen LogP contribution in [0.5, 0.6) is 0 Å². The van der Waals surface area contributed by atoms with Crippen molar-refractivity contribution < 1.29 is 23.4 Å². The van der Waals surface area contributed by atoms with E-state index >= 15 is 0 Å². The third-order valence-corrected chi connectivity index (χ3v) is 5.23. The molecule has 0 fully saturated rings. The number of aromatic amines is 1. The Bertz CT molecular complexity index is 592. The predicted octanol–water partition coefficient (Wildman–Crippen LogP) is 0.588. The molecule has 0 aliphatic rings. The summed E-state index contributed by atoms with van der Waals surface area (Å²) in [6, 6.07) is -0.319. The van der Waals surface area contributed by atoms with Gasteiger partial charge < -0.3 is 10.2 Å². The minimum absolute atomic E-state index is 0.0976. The summed E-state index contributed by atoms with van der Waals surface area (Å²) >= 11 is 0. The Kier molecular flexibility index (Phi) is 5.87. The average molecular weight is 319 g/mol. The first-order valence-corrected chi connectivity index (χ1v) is 8.16. The number of hydrogen-bond acceptors (Lipinski definition) is 5. The number of rotatable bonds is 8. The van der Waals surface area contributed by atoms with Crippen molar-refractivity contribution in [3.8, 4) is 0 Å². The third kappa shape index (κ3) is 3.42. The summed E-state index contributed by atoms with van der Waals surface area (Å²) in [5.41, 5.74) is -0.182. The lowest BCUT2D eigenvalue weighted by atomic mass is 10.2. The van der Waals surface area contributed by atoms with Crippen LogP contribution in [0.1, 0.15) is 42.7 Å². The number of carbonyl (C=O) groups is 1. The van der Waals surface area contributed by atoms with Crippen molar-refractivity contribution in [1.82, 2.24) is 14.5 Å². The van der Waals surface area contributed by atoms with Crippen LogP contribution in [0.15, 0.2) is 5.03 Å². The molecular formula is C12H21N3O5S. The molecule has 120 valence electrons. The Morgan fingerprint density at radius 3 is 2.38 bits per heavy atom. The van der Waals surface area contributed by atoms with Crippen LogP contribution in [0.2, 0.25) is 0 Å². The van der Waals surface area contributed by atoms with E-state index in [2.05, 4.69) is 10.2 Å². The Balaban J connectivity index is 3.39. The van der Waals surface area contributed by atoms with Crippen molar-refractivity contribution >= 4 is 16.0 Å². The number of aryl methyl sites for hydroxylation is 1. The van der Waals surface area contributed by atoms with Gasteiger partial charge in [-0.05, 0) is 19.8 Å². The van der Waals surface area contributed by atoms with Crippen molar-refractivity contribution in [3.63, 3.8) is 0 Å². The zero-order valence-corrected chi connectivity index (χ0v) is 13.1. The van der Waals surface area contributed by atoms with Crippen molar-refractivity contribution in [2.45, 2.75) is 44.7 Å². The molecule has 0 aromatic carbocycles. The van der Waals surface area contributed by atoms with Crippen molar-refractivity contribution in [1.29, 1.82) is 0 Å². The van der Waals surface area contributed by atoms with Gasteiger partial charge in [0.15, 0.2) is 0 Å². The van der Waals surface area contributed by atoms with Crippen LogP contribution in [-0.2, 0) is 10.0 Å². The molecule has 1 aromatic rings. The number of hydrogen-bond donors (Lipinski definition) is 3. The lowest BCUT2D eigenvalue weighted by molar-refractivity contribution is 0.0691. The Hall–Kier alpha value is -1.45. The zero-order chi connectivity index (χ0) is 16.2. The molecule has 1 aromatic heterocycles. The molecule has 0 spiro atoms. The van der Waals surface area contributed by atoms with Crippen LogP contribution < -0.4 is 0 Å². The fourth-order valence-corrected chi connectivity index (χ4v) is 4.14. The van der Waals surface area contributed by atoms with E-state index in [9.17, 15) is 18.3 Å². The van der Waals surface area contributed by atoms with E-state index in [-0.39, 0.29) is 30.5 Å². The van der Waals surface area contributed by atoms with Gasteiger partial charge in [0.1, 0.15) is 5.56 Å². The zero-order valence-electron chi connectivity index (χ0n) is 12.3. The first-order valence-electron chi connectivity index (χ1n) is 6.72. The second kappa shape index (κ2) is 7.01. The molecule has 0 aliphatic heterocycles. The van der Waals surface area contributed by atoms with Crippen LogP contribution in [0.3, 0.4) is 0 Å². The van der Waals surface area contributed by atoms with E-state index in [1.54, 1.807) is 0 Å². The standard InChI is InChI=1S/C12H21N3O5S/c1-4-9(5-2)15(6-7-16)21(19,20)11-10(12(17)18)8(3)13-14-11/h9,16H,4-7H2,1-3H3,(H,13,14)(H,17,18). The monoisotopic (exact) mass is 319 g/mol. The van der Waals surface area contributed by atoms with E-state index in [1.165, 1.54) is 6.92 Å². The second-order valence-corrected chi connectivity index (χ2v) is 6.45. The molecule has 0 bridgehead atoms. The number of aromatic carboxylic acids is 1. The minimum Gasteiger partial charge on any atom is -0.478 e. The number of H-pyrrole nitrogens is 1. The second-order valence-electron chi connectivity index (χ2n) is 4.64. The molecule has 3 N–H and O–H groups in total. The van der Waals surface area contributed by atoms with Crippen LogP contribution in [0.25, 0.3) is 0 Å². The maximum atomic E-state index is 12.7. The van der Waals surface area contributed by atoms with E-state index in [1.807, 2.05) is 13.8 Å². The quantitative estimate of drug-likeness (QED) is 0.644. The molecule has 0 unspecified atom stereocenters. The molecule has 0 atom stereocenters. The SMILES string of the molecule is CCC(CC)N(CCO)S(=O)(=O)c1n[nH]c(C)c1C(=O)O. The van der Waals surface area contributed by atoms with Gasteiger partial charge in [-0.2, -0.15) is 9.40 Å². The predicted molar refractivity (Wildman–Crippen MR) is 75.6 cm³/mol. The molecule has 0 aliphatic carbocycles. The van der Waals surface area contributed by atoms with E-state index < -0.39 is 21.0 Å². The summed E-state index contributed by atoms with van der Waals surface area (Å²) in [5, 5.41) is 23.8. The first kappa shape index (κ1) is 17.6. The van der Waals surface area contributed by atoms with Crippen LogP contribution in [0, 0.1) is 6.92 Å². The van der Waals surface area contributed by atoms with E-state index in [0.29, 0.717) is 12.8 Å². The first-order chi connectivity index (χ1) is 9.81. The summed E-state index contributed by atoms with van der Waals surface area (Å²) in [7, 11) is -4.09. The minimum atomic E-state index is -4.09. The Morgan fingerprint density at radius 2 is 1.95 bits per heavy atom. The van der Waals surface area contributed by atoms with Gasteiger partial charge in [-0.25, -0.2) is 13.2 Å². The number of carboxylic acid groups (broad SMARTS) is 1. The molecular weight excluding hydrogens is 298 g/mol. The lowest BCUT2D eigenvalue weighted by Crippen LogP contribution is -2.42. The summed E-state index contributed by atoms with van der Waals surface area (Å²) in [6.07, 6.45) is 1.11. The largest absolute Gasteiger partial charge is 0.478 e. The molecule has 0 radical (unpaired) electrons. The van der Waals surface area contributed by atoms with Crippen molar-refractivity contribution in [3.05, 3.63) is 11.3 Å². The van der Waals surface area contributed by atoms with Gasteiger partial charge >= 0.3 is 5.97 Å². The van der Waals surface area contributed by atoms with Gasteiger partial charge in [-0.15, -0.1) is 0 Å². The van der Waals surface area contributed by atoms with Gasteiger partial charge in [0.25, 0.3) is 10.0 Å². The fourth-order valence-electron chi connectivity index (χ4n) is 2.25. The molecule has 0 saturated heterocycles. The van der Waals surface area contributed by atoms with E-state index in [0.717, 1.165) is 4.31 Å². The Labute approximate surface area is 123 Å². The lowest BCUT2D eigenvalue weighted by Gasteiger charge is -2.28. The topological polar surface area (TPSA) is 124 Å². The Morgan fingerprint density at radius 1 is 1.38 bits per heavy atom. The summed E-state index contributed by atoms with van der Waals surface area (Å²) in [4.78, 5) is 11.2. The molecule has 9 heteroatoms. The van der Waals surface area contributed by atoms with Gasteiger partial charge in [0.05, 0.1) is 6.61 Å². The molecule has 0 saturated carbocycles. The number of aliphatic hydroxyl groups excluding tert-OH is 1. The van der Waals surface area contributed by atoms with Crippen LogP contribution >= 0.6 is 0 Å². The maximum absolute atomic E-state index is 12.7. The number of aliphatic hydroxyl groups is 1. The highest BCUT2D eigenvalue weighted by molar-refractivity contribution is 7.89. The maximum Gasteiger partial charge on any atom is 0.340 e. The number of sulfonamides is 1. The van der Waals surface area contributed by atoms with E-state index in [4.69, 9.17) is 5.11 Å². The van der Waals surface area contributed by atoms with Crippen molar-refractivity contribution in [2.24, 2.45) is 0 Å². The molecule has 1 rings (SSSR count). The number of carboxylic acids is 1. The van der Waals surface area contributed by atoms with Crippen LogP contribution in [0.4, 0.5) is 0 Å². The highest BCUT2D eigenvalue weighted by atomic mass is 32.2. The molecule has 1 heterocycles. The fraction of sp³-hybridized carbons (Fsp3) is 0.667. The van der Waals surface area contributed by atoms with Crippen molar-refractivity contribution in [2.75, 3.05) is 13.2 Å². The highest BCUT2D eigenvalue weighted by Crippen LogP contribution is 2.24. The van der Waals surface area contributed by atoms with Crippen LogP contribution in [-0.4, -0.2) is 58.3 Å². The number of nitrogens with one attached hydrogen (secondary N) is 1. The normalized spacial score (nSPS) is 12.3. The smallest absolute Gasteiger partial charge is 0.340 e.